The second kappa shape index (κ2) is 22.8. The summed E-state index contributed by atoms with van der Waals surface area (Å²) in [6.07, 6.45) is -9.26. The molecule has 0 saturated carbocycles. The maximum Gasteiger partial charge on any atom is 0.419 e. The van der Waals surface area contributed by atoms with Gasteiger partial charge in [0, 0.05) is 11.4 Å². The van der Waals surface area contributed by atoms with Crippen molar-refractivity contribution in [1.82, 2.24) is 0 Å². The van der Waals surface area contributed by atoms with Gasteiger partial charge in [0.15, 0.2) is 11.6 Å². The van der Waals surface area contributed by atoms with Crippen molar-refractivity contribution < 1.29 is 55.1 Å². The first kappa shape index (κ1) is 54.2. The Morgan fingerprint density at radius 1 is 0.500 bits per heavy atom. The number of hydrogen-bond acceptors (Lipinski definition) is 10. The van der Waals surface area contributed by atoms with Gasteiger partial charge >= 0.3 is 12.4 Å². The molecule has 5 aromatic carbocycles. The number of benzene rings is 5. The van der Waals surface area contributed by atoms with E-state index in [0.717, 1.165) is 50.2 Å². The predicted octanol–water partition coefficient (Wildman–Crippen LogP) is 13.3. The van der Waals surface area contributed by atoms with Crippen molar-refractivity contribution in [2.45, 2.75) is 65.0 Å². The highest BCUT2D eigenvalue weighted by Gasteiger charge is 2.38. The zero-order valence-corrected chi connectivity index (χ0v) is 39.7. The van der Waals surface area contributed by atoms with E-state index in [4.69, 9.17) is 46.4 Å². The summed E-state index contributed by atoms with van der Waals surface area (Å²) in [5.74, 6) is -5.45. The van der Waals surface area contributed by atoms with Crippen molar-refractivity contribution in [1.29, 1.82) is 0 Å². The van der Waals surface area contributed by atoms with E-state index in [2.05, 4.69) is 41.7 Å². The standard InChI is InChI=1S/C46H36Cl4F6N8O6/c1-5-25-26(6-2)34(58-44(70)40(22(4)66)64-62-24-14-16-30(48)28(20-24)42(68)60-36-12-8-10-32(50)38(36)46(54,55)56)18-17-33(25)57-43(69)39(21(3)65)63-61-23-13-15-29(47)27(19-23)41(67)59-35-11-7-9-31(49)37(35)45(51,52)53/h7-20,39-40H,5-6H2,1-4H3,(H,57,69)(H,58,70)(H,59,67)(H,60,68). The number of hydrogen-bond donors (Lipinski definition) is 4. The zero-order chi connectivity index (χ0) is 51.8. The van der Waals surface area contributed by atoms with Crippen LogP contribution in [0.5, 0.6) is 0 Å². The second-order valence-electron chi connectivity index (χ2n) is 14.8. The molecule has 0 aliphatic carbocycles. The van der Waals surface area contributed by atoms with Gasteiger partial charge in [-0.15, -0.1) is 0 Å². The molecule has 4 N–H and O–H groups in total. The summed E-state index contributed by atoms with van der Waals surface area (Å²) >= 11 is 23.9. The highest BCUT2D eigenvalue weighted by molar-refractivity contribution is 6.35. The third kappa shape index (κ3) is 13.1. The summed E-state index contributed by atoms with van der Waals surface area (Å²) in [5, 5.41) is 23.6. The molecule has 24 heteroatoms. The smallest absolute Gasteiger partial charge is 0.323 e. The summed E-state index contributed by atoms with van der Waals surface area (Å²) in [5.41, 5.74) is -3.17. The molecule has 0 radical (unpaired) electrons. The number of amides is 4. The van der Waals surface area contributed by atoms with Crippen molar-refractivity contribution in [2.75, 3.05) is 21.3 Å². The average molecular weight is 1050 g/mol. The number of Topliss-reactive ketones (excluding diaryl/α,β-unsaturated/α-hetero) is 2. The van der Waals surface area contributed by atoms with Crippen LogP contribution in [0.1, 0.15) is 70.7 Å². The van der Waals surface area contributed by atoms with Gasteiger partial charge in [-0.1, -0.05) is 72.4 Å². The predicted molar refractivity (Wildman–Crippen MR) is 252 cm³/mol. The van der Waals surface area contributed by atoms with Gasteiger partial charge in [-0.3, -0.25) is 28.8 Å². The fourth-order valence-corrected chi connectivity index (χ4v) is 7.70. The van der Waals surface area contributed by atoms with Crippen LogP contribution in [0.25, 0.3) is 0 Å². The van der Waals surface area contributed by atoms with Gasteiger partial charge in [-0.05, 0) is 111 Å². The number of nitrogens with one attached hydrogen (secondary N) is 4. The van der Waals surface area contributed by atoms with Gasteiger partial charge in [-0.25, -0.2) is 0 Å². The molecule has 4 amide bonds. The Kier molecular flexibility index (Phi) is 17.6. The molecule has 14 nitrogen and oxygen atoms in total. The lowest BCUT2D eigenvalue weighted by atomic mass is 9.98. The Morgan fingerprint density at radius 3 is 1.17 bits per heavy atom. The molecule has 0 saturated heterocycles. The van der Waals surface area contributed by atoms with Gasteiger partial charge in [0.1, 0.15) is 0 Å². The average Bonchev–Trinajstić information content (AvgIpc) is 3.26. The second-order valence-corrected chi connectivity index (χ2v) is 16.4. The normalized spacial score (nSPS) is 12.7. The lowest BCUT2D eigenvalue weighted by Gasteiger charge is -2.20. The Morgan fingerprint density at radius 2 is 0.857 bits per heavy atom. The fourth-order valence-electron chi connectivity index (χ4n) is 6.73. The molecular formula is C46H36Cl4F6N8O6. The molecule has 2 unspecified atom stereocenters. The monoisotopic (exact) mass is 1050 g/mol. The SMILES string of the molecule is CCc1c(NC(=O)C(N=Nc2ccc(Cl)c(C(=O)Nc3cccc(Cl)c3C(F)(F)F)c2)C(C)=O)ccc(NC(=O)C(N=Nc2ccc(Cl)c(C(=O)Nc3cccc(Cl)c3C(F)(F)F)c2)C(C)=O)c1CC. The molecule has 366 valence electrons. The molecule has 0 bridgehead atoms. The van der Waals surface area contributed by atoms with Gasteiger partial charge in [0.2, 0.25) is 12.1 Å². The van der Waals surface area contributed by atoms with Crippen LogP contribution in [0.15, 0.2) is 105 Å². The van der Waals surface area contributed by atoms with E-state index in [-0.39, 0.29) is 56.8 Å². The van der Waals surface area contributed by atoms with Crippen molar-refractivity contribution in [3.8, 4) is 0 Å². The van der Waals surface area contributed by atoms with Crippen molar-refractivity contribution in [3.05, 3.63) is 138 Å². The third-order valence-electron chi connectivity index (χ3n) is 9.98. The van der Waals surface area contributed by atoms with E-state index in [1.165, 1.54) is 48.5 Å². The van der Waals surface area contributed by atoms with E-state index in [0.29, 0.717) is 11.1 Å². The molecule has 70 heavy (non-hydrogen) atoms. The minimum absolute atomic E-state index is 0.0945. The highest BCUT2D eigenvalue weighted by atomic mass is 35.5. The quantitative estimate of drug-likeness (QED) is 0.0430. The van der Waals surface area contributed by atoms with Crippen LogP contribution in [0, 0.1) is 0 Å². The summed E-state index contributed by atoms with van der Waals surface area (Å²) in [7, 11) is 0. The lowest BCUT2D eigenvalue weighted by molar-refractivity contribution is -0.137. The number of anilines is 4. The first-order valence-corrected chi connectivity index (χ1v) is 21.9. The van der Waals surface area contributed by atoms with Gasteiger partial charge in [0.25, 0.3) is 23.6 Å². The van der Waals surface area contributed by atoms with E-state index >= 15 is 0 Å². The van der Waals surface area contributed by atoms with Crippen LogP contribution in [0.4, 0.5) is 60.5 Å². The van der Waals surface area contributed by atoms with Crippen LogP contribution in [0.3, 0.4) is 0 Å². The third-order valence-corrected chi connectivity index (χ3v) is 11.3. The van der Waals surface area contributed by atoms with Gasteiger partial charge < -0.3 is 21.3 Å². The Hall–Kier alpha value is -6.74. The van der Waals surface area contributed by atoms with Crippen LogP contribution < -0.4 is 21.3 Å². The summed E-state index contributed by atoms with van der Waals surface area (Å²) in [6, 6.07) is 13.0. The largest absolute Gasteiger partial charge is 0.419 e. The lowest BCUT2D eigenvalue weighted by Crippen LogP contribution is -2.33. The summed E-state index contributed by atoms with van der Waals surface area (Å²) in [4.78, 5) is 78.8. The number of ketones is 2. The molecule has 5 rings (SSSR count). The number of carbonyl (C=O) groups excluding carboxylic acids is 6. The van der Waals surface area contributed by atoms with Crippen molar-refractivity contribution in [3.63, 3.8) is 0 Å². The first-order chi connectivity index (χ1) is 32.9. The molecule has 0 heterocycles. The van der Waals surface area contributed by atoms with E-state index in [1.54, 1.807) is 13.8 Å². The number of nitrogens with zero attached hydrogens (tertiary/aromatic N) is 4. The highest BCUT2D eigenvalue weighted by Crippen LogP contribution is 2.42. The Labute approximate surface area is 414 Å². The van der Waals surface area contributed by atoms with Crippen molar-refractivity contribution in [2.24, 2.45) is 20.5 Å². The molecule has 0 aromatic heterocycles. The molecule has 2 atom stereocenters. The number of azo groups is 2. The number of halogens is 10. The van der Waals surface area contributed by atoms with Crippen LogP contribution in [-0.2, 0) is 44.4 Å². The van der Waals surface area contributed by atoms with Gasteiger partial charge in [0.05, 0.1) is 65.1 Å². The summed E-state index contributed by atoms with van der Waals surface area (Å²) < 4.78 is 82.2. The summed E-state index contributed by atoms with van der Waals surface area (Å²) in [6.45, 7) is 5.65. The topological polar surface area (TPSA) is 200 Å². The maximum atomic E-state index is 13.7. The van der Waals surface area contributed by atoms with Crippen LogP contribution in [0.2, 0.25) is 20.1 Å². The fraction of sp³-hybridized carbons (Fsp3) is 0.217. The minimum Gasteiger partial charge on any atom is -0.323 e. The molecular weight excluding hydrogens is 1020 g/mol. The molecule has 0 spiro atoms. The number of alkyl halides is 6. The molecule has 5 aromatic rings. The molecule has 0 aliphatic heterocycles. The van der Waals surface area contributed by atoms with E-state index < -0.39 is 92.2 Å². The number of carbonyl (C=O) groups is 6. The van der Waals surface area contributed by atoms with Crippen LogP contribution >= 0.6 is 46.4 Å². The van der Waals surface area contributed by atoms with Gasteiger partial charge in [-0.2, -0.15) is 46.8 Å². The first-order valence-electron chi connectivity index (χ1n) is 20.4. The van der Waals surface area contributed by atoms with E-state index in [9.17, 15) is 55.1 Å². The van der Waals surface area contributed by atoms with E-state index in [1.807, 2.05) is 0 Å². The van der Waals surface area contributed by atoms with Crippen molar-refractivity contribution >= 4 is 116 Å². The molecule has 0 aliphatic rings. The maximum absolute atomic E-state index is 13.7. The minimum atomic E-state index is -4.91. The molecule has 0 fully saturated rings. The Balaban J connectivity index is 1.32. The van der Waals surface area contributed by atoms with Crippen LogP contribution in [-0.4, -0.2) is 47.3 Å². The number of rotatable bonds is 16. The Bertz CT molecular complexity index is 2770. The zero-order valence-electron chi connectivity index (χ0n) is 36.7.